The van der Waals surface area contributed by atoms with E-state index in [4.69, 9.17) is 0 Å². The molecule has 3 nitrogen and oxygen atoms in total. The number of nitrogens with one attached hydrogen (secondary N) is 1. The van der Waals surface area contributed by atoms with Gasteiger partial charge in [0, 0.05) is 36.6 Å². The predicted molar refractivity (Wildman–Crippen MR) is 81.1 cm³/mol. The SMILES string of the molecule is CCC(Cc1cccc(Br)c1)C(=O)N1CCNCC1. The molecule has 1 aromatic rings. The first-order valence-electron chi connectivity index (χ1n) is 6.94. The number of rotatable bonds is 4. The minimum atomic E-state index is 0.104. The molecule has 104 valence electrons. The van der Waals surface area contributed by atoms with Gasteiger partial charge in [0.05, 0.1) is 0 Å². The van der Waals surface area contributed by atoms with Crippen LogP contribution >= 0.6 is 15.9 Å². The summed E-state index contributed by atoms with van der Waals surface area (Å²) < 4.78 is 1.08. The Labute approximate surface area is 123 Å². The van der Waals surface area contributed by atoms with E-state index < -0.39 is 0 Å². The number of hydrogen-bond acceptors (Lipinski definition) is 2. The first-order chi connectivity index (χ1) is 9.20. The fourth-order valence-electron chi connectivity index (χ4n) is 2.50. The van der Waals surface area contributed by atoms with Crippen LogP contribution in [-0.2, 0) is 11.2 Å². The molecule has 1 fully saturated rings. The average molecular weight is 325 g/mol. The number of amides is 1. The molecule has 1 unspecified atom stereocenters. The molecule has 1 aliphatic heterocycles. The first kappa shape index (κ1) is 14.5. The van der Waals surface area contributed by atoms with Crippen molar-refractivity contribution in [2.45, 2.75) is 19.8 Å². The molecule has 1 heterocycles. The Hall–Kier alpha value is -0.870. The summed E-state index contributed by atoms with van der Waals surface area (Å²) in [4.78, 5) is 14.5. The van der Waals surface area contributed by atoms with Crippen molar-refractivity contribution >= 4 is 21.8 Å². The van der Waals surface area contributed by atoms with Crippen molar-refractivity contribution in [2.24, 2.45) is 5.92 Å². The minimum absolute atomic E-state index is 0.104. The Morgan fingerprint density at radius 3 is 2.79 bits per heavy atom. The van der Waals surface area contributed by atoms with Crippen LogP contribution in [0.1, 0.15) is 18.9 Å². The van der Waals surface area contributed by atoms with Gasteiger partial charge in [0.25, 0.3) is 0 Å². The number of benzene rings is 1. The fraction of sp³-hybridized carbons (Fsp3) is 0.533. The maximum absolute atomic E-state index is 12.5. The molecule has 0 aliphatic carbocycles. The highest BCUT2D eigenvalue weighted by molar-refractivity contribution is 9.10. The molecule has 1 aromatic carbocycles. The molecule has 0 saturated carbocycles. The topological polar surface area (TPSA) is 32.3 Å². The van der Waals surface area contributed by atoms with Gasteiger partial charge in [0.1, 0.15) is 0 Å². The number of hydrogen-bond donors (Lipinski definition) is 1. The van der Waals surface area contributed by atoms with Gasteiger partial charge in [-0.1, -0.05) is 35.0 Å². The van der Waals surface area contributed by atoms with Crippen LogP contribution in [0.4, 0.5) is 0 Å². The fourth-order valence-corrected chi connectivity index (χ4v) is 2.94. The number of carbonyl (C=O) groups excluding carboxylic acids is 1. The molecule has 1 saturated heterocycles. The van der Waals surface area contributed by atoms with Gasteiger partial charge in [-0.15, -0.1) is 0 Å². The van der Waals surface area contributed by atoms with E-state index in [2.05, 4.69) is 40.3 Å². The van der Waals surface area contributed by atoms with Crippen LogP contribution < -0.4 is 5.32 Å². The standard InChI is InChI=1S/C15H21BrN2O/c1-2-13(10-12-4-3-5-14(16)11-12)15(19)18-8-6-17-7-9-18/h3-5,11,13,17H,2,6-10H2,1H3. The molecule has 1 N–H and O–H groups in total. The van der Waals surface area contributed by atoms with E-state index in [9.17, 15) is 4.79 Å². The van der Waals surface area contributed by atoms with Gasteiger partial charge in [-0.2, -0.15) is 0 Å². The molecular weight excluding hydrogens is 304 g/mol. The van der Waals surface area contributed by atoms with Gasteiger partial charge < -0.3 is 10.2 Å². The molecule has 2 rings (SSSR count). The van der Waals surface area contributed by atoms with Crippen molar-refractivity contribution in [3.8, 4) is 0 Å². The lowest BCUT2D eigenvalue weighted by atomic mass is 9.95. The Kier molecular flexibility index (Phi) is 5.40. The third-order valence-electron chi connectivity index (χ3n) is 3.64. The molecule has 0 bridgehead atoms. The van der Waals surface area contributed by atoms with Crippen LogP contribution in [0.25, 0.3) is 0 Å². The van der Waals surface area contributed by atoms with E-state index in [1.807, 2.05) is 17.0 Å². The van der Waals surface area contributed by atoms with Crippen molar-refractivity contribution in [3.05, 3.63) is 34.3 Å². The number of halogens is 1. The Balaban J connectivity index is 2.00. The molecule has 1 amide bonds. The van der Waals surface area contributed by atoms with Crippen molar-refractivity contribution in [1.82, 2.24) is 10.2 Å². The second kappa shape index (κ2) is 7.06. The van der Waals surface area contributed by atoms with Crippen molar-refractivity contribution < 1.29 is 4.79 Å². The highest BCUT2D eigenvalue weighted by atomic mass is 79.9. The monoisotopic (exact) mass is 324 g/mol. The zero-order valence-corrected chi connectivity index (χ0v) is 12.9. The van der Waals surface area contributed by atoms with Crippen LogP contribution in [0.5, 0.6) is 0 Å². The van der Waals surface area contributed by atoms with E-state index in [0.717, 1.165) is 43.5 Å². The maximum Gasteiger partial charge on any atom is 0.226 e. The summed E-state index contributed by atoms with van der Waals surface area (Å²) in [5.74, 6) is 0.413. The Bertz CT molecular complexity index is 430. The highest BCUT2D eigenvalue weighted by Crippen LogP contribution is 2.19. The van der Waals surface area contributed by atoms with E-state index in [-0.39, 0.29) is 5.92 Å². The molecule has 1 atom stereocenters. The predicted octanol–water partition coefficient (Wildman–Crippen LogP) is 2.45. The molecule has 1 aliphatic rings. The molecule has 0 aromatic heterocycles. The largest absolute Gasteiger partial charge is 0.340 e. The second-order valence-electron chi connectivity index (χ2n) is 5.01. The number of nitrogens with zero attached hydrogens (tertiary/aromatic N) is 1. The Morgan fingerprint density at radius 1 is 1.42 bits per heavy atom. The summed E-state index contributed by atoms with van der Waals surface area (Å²) in [6, 6.07) is 8.25. The molecule has 0 spiro atoms. The number of carbonyl (C=O) groups is 1. The van der Waals surface area contributed by atoms with E-state index in [1.54, 1.807) is 0 Å². The normalized spacial score (nSPS) is 17.3. The van der Waals surface area contributed by atoms with Crippen LogP contribution in [-0.4, -0.2) is 37.0 Å². The van der Waals surface area contributed by atoms with Crippen LogP contribution in [0, 0.1) is 5.92 Å². The lowest BCUT2D eigenvalue weighted by molar-refractivity contribution is -0.136. The quantitative estimate of drug-likeness (QED) is 0.922. The van der Waals surface area contributed by atoms with Gasteiger partial charge in [-0.25, -0.2) is 0 Å². The van der Waals surface area contributed by atoms with Gasteiger partial charge in [0.2, 0.25) is 5.91 Å². The molecule has 4 heteroatoms. The van der Waals surface area contributed by atoms with Crippen molar-refractivity contribution in [2.75, 3.05) is 26.2 Å². The third-order valence-corrected chi connectivity index (χ3v) is 4.14. The average Bonchev–Trinajstić information content (AvgIpc) is 2.45. The molecule has 0 radical (unpaired) electrons. The van der Waals surface area contributed by atoms with E-state index in [0.29, 0.717) is 5.91 Å². The van der Waals surface area contributed by atoms with Crippen LogP contribution in [0.15, 0.2) is 28.7 Å². The van der Waals surface area contributed by atoms with E-state index >= 15 is 0 Å². The summed E-state index contributed by atoms with van der Waals surface area (Å²) in [5, 5.41) is 3.28. The lowest BCUT2D eigenvalue weighted by Gasteiger charge is -2.30. The summed E-state index contributed by atoms with van der Waals surface area (Å²) in [7, 11) is 0. The summed E-state index contributed by atoms with van der Waals surface area (Å²) >= 11 is 3.48. The molecular formula is C15H21BrN2O. The summed E-state index contributed by atoms with van der Waals surface area (Å²) in [6.07, 6.45) is 1.73. The highest BCUT2D eigenvalue weighted by Gasteiger charge is 2.24. The lowest BCUT2D eigenvalue weighted by Crippen LogP contribution is -2.48. The zero-order valence-electron chi connectivity index (χ0n) is 11.4. The van der Waals surface area contributed by atoms with Gasteiger partial charge >= 0.3 is 0 Å². The third kappa shape index (κ3) is 4.05. The van der Waals surface area contributed by atoms with Crippen molar-refractivity contribution in [1.29, 1.82) is 0 Å². The second-order valence-corrected chi connectivity index (χ2v) is 5.93. The molecule has 19 heavy (non-hydrogen) atoms. The maximum atomic E-state index is 12.5. The van der Waals surface area contributed by atoms with Gasteiger partial charge in [0.15, 0.2) is 0 Å². The van der Waals surface area contributed by atoms with Crippen LogP contribution in [0.3, 0.4) is 0 Å². The smallest absolute Gasteiger partial charge is 0.226 e. The van der Waals surface area contributed by atoms with Gasteiger partial charge in [-0.05, 0) is 30.5 Å². The minimum Gasteiger partial charge on any atom is -0.340 e. The summed E-state index contributed by atoms with van der Waals surface area (Å²) in [6.45, 7) is 5.61. The van der Waals surface area contributed by atoms with E-state index in [1.165, 1.54) is 5.56 Å². The first-order valence-corrected chi connectivity index (χ1v) is 7.74. The van der Waals surface area contributed by atoms with Crippen molar-refractivity contribution in [3.63, 3.8) is 0 Å². The Morgan fingerprint density at radius 2 is 2.16 bits per heavy atom. The summed E-state index contributed by atoms with van der Waals surface area (Å²) in [5.41, 5.74) is 1.23. The number of piperazine rings is 1. The zero-order chi connectivity index (χ0) is 13.7. The van der Waals surface area contributed by atoms with Crippen LogP contribution in [0.2, 0.25) is 0 Å². The van der Waals surface area contributed by atoms with Gasteiger partial charge in [-0.3, -0.25) is 4.79 Å².